The summed E-state index contributed by atoms with van der Waals surface area (Å²) in [5.74, 6) is 0.731. The standard InChI is InChI=1S/C17H19ClN2O2S2/c18-14-3-5-15(6-4-14)24-11-9-19-16(21)2-1-8-20-17(22)13-7-10-23-12-13/h3-7,10,12H,1-2,8-9,11H2,(H,19,21)(H,20,22). The summed E-state index contributed by atoms with van der Waals surface area (Å²) in [7, 11) is 0. The van der Waals surface area contributed by atoms with Gasteiger partial charge in [-0.05, 0) is 42.1 Å². The van der Waals surface area contributed by atoms with Gasteiger partial charge in [0.2, 0.25) is 5.91 Å². The van der Waals surface area contributed by atoms with Crippen molar-refractivity contribution in [2.45, 2.75) is 17.7 Å². The second-order valence-corrected chi connectivity index (χ2v) is 7.41. The molecule has 4 nitrogen and oxygen atoms in total. The quantitative estimate of drug-likeness (QED) is 0.512. The normalized spacial score (nSPS) is 10.4. The lowest BCUT2D eigenvalue weighted by molar-refractivity contribution is -0.121. The molecule has 1 aromatic heterocycles. The fourth-order valence-corrected chi connectivity index (χ4v) is 3.46. The van der Waals surface area contributed by atoms with Crippen molar-refractivity contribution in [3.05, 3.63) is 51.7 Å². The minimum absolute atomic E-state index is 0.0106. The number of rotatable bonds is 9. The molecule has 1 aromatic carbocycles. The molecular formula is C17H19ClN2O2S2. The van der Waals surface area contributed by atoms with Gasteiger partial charge in [0.05, 0.1) is 0 Å². The van der Waals surface area contributed by atoms with Crippen molar-refractivity contribution < 1.29 is 9.59 Å². The highest BCUT2D eigenvalue weighted by Gasteiger charge is 2.05. The van der Waals surface area contributed by atoms with E-state index >= 15 is 0 Å². The highest BCUT2D eigenvalue weighted by Crippen LogP contribution is 2.19. The second-order valence-electron chi connectivity index (χ2n) is 5.02. The average molecular weight is 383 g/mol. The Morgan fingerprint density at radius 2 is 1.88 bits per heavy atom. The molecular weight excluding hydrogens is 364 g/mol. The van der Waals surface area contributed by atoms with Crippen molar-refractivity contribution in [2.75, 3.05) is 18.8 Å². The van der Waals surface area contributed by atoms with Crippen LogP contribution in [0.4, 0.5) is 0 Å². The number of carbonyl (C=O) groups excluding carboxylic acids is 2. The summed E-state index contributed by atoms with van der Waals surface area (Å²) >= 11 is 8.99. The number of halogens is 1. The summed E-state index contributed by atoms with van der Waals surface area (Å²) in [5, 5.41) is 10.1. The highest BCUT2D eigenvalue weighted by molar-refractivity contribution is 7.99. The zero-order valence-corrected chi connectivity index (χ0v) is 15.5. The van der Waals surface area contributed by atoms with Crippen LogP contribution in [0, 0.1) is 0 Å². The van der Waals surface area contributed by atoms with E-state index in [1.54, 1.807) is 23.2 Å². The van der Waals surface area contributed by atoms with Gasteiger partial charge in [-0.3, -0.25) is 9.59 Å². The van der Waals surface area contributed by atoms with Gasteiger partial charge in [-0.2, -0.15) is 11.3 Å². The summed E-state index contributed by atoms with van der Waals surface area (Å²) in [6.07, 6.45) is 1.04. The van der Waals surface area contributed by atoms with Crippen LogP contribution in [0.3, 0.4) is 0 Å². The maximum Gasteiger partial charge on any atom is 0.252 e. The molecule has 0 radical (unpaired) electrons. The van der Waals surface area contributed by atoms with Crippen LogP contribution in [0.2, 0.25) is 5.02 Å². The van der Waals surface area contributed by atoms with Gasteiger partial charge in [-0.15, -0.1) is 11.8 Å². The van der Waals surface area contributed by atoms with Crippen LogP contribution in [0.5, 0.6) is 0 Å². The Bertz CT molecular complexity index is 645. The molecule has 0 aliphatic carbocycles. The number of hydrogen-bond acceptors (Lipinski definition) is 4. The largest absolute Gasteiger partial charge is 0.355 e. The monoisotopic (exact) mass is 382 g/mol. The number of thiophene rings is 1. The lowest BCUT2D eigenvalue weighted by Gasteiger charge is -2.06. The van der Waals surface area contributed by atoms with Crippen molar-refractivity contribution in [3.63, 3.8) is 0 Å². The van der Waals surface area contributed by atoms with E-state index in [0.717, 1.165) is 15.7 Å². The maximum absolute atomic E-state index is 11.7. The van der Waals surface area contributed by atoms with E-state index in [-0.39, 0.29) is 11.8 Å². The fourth-order valence-electron chi connectivity index (χ4n) is 1.93. The fraction of sp³-hybridized carbons (Fsp3) is 0.294. The number of nitrogens with one attached hydrogen (secondary N) is 2. The maximum atomic E-state index is 11.7. The minimum atomic E-state index is -0.0870. The van der Waals surface area contributed by atoms with Gasteiger partial charge < -0.3 is 10.6 Å². The van der Waals surface area contributed by atoms with Crippen LogP contribution in [-0.2, 0) is 4.79 Å². The van der Waals surface area contributed by atoms with Gasteiger partial charge in [0, 0.05) is 46.1 Å². The molecule has 2 amide bonds. The molecule has 0 aliphatic heterocycles. The van der Waals surface area contributed by atoms with Crippen LogP contribution in [-0.4, -0.2) is 30.7 Å². The molecule has 1 heterocycles. The van der Waals surface area contributed by atoms with Gasteiger partial charge in [0.1, 0.15) is 0 Å². The Morgan fingerprint density at radius 3 is 2.58 bits per heavy atom. The third kappa shape index (κ3) is 6.95. The van der Waals surface area contributed by atoms with Gasteiger partial charge in [0.15, 0.2) is 0 Å². The molecule has 2 N–H and O–H groups in total. The Morgan fingerprint density at radius 1 is 1.08 bits per heavy atom. The molecule has 0 spiro atoms. The zero-order chi connectivity index (χ0) is 17.2. The number of hydrogen-bond donors (Lipinski definition) is 2. The molecule has 0 saturated heterocycles. The summed E-state index contributed by atoms with van der Waals surface area (Å²) in [6, 6.07) is 9.42. The second kappa shape index (κ2) is 10.4. The van der Waals surface area contributed by atoms with Gasteiger partial charge in [0.25, 0.3) is 5.91 Å². The first kappa shape index (κ1) is 18.8. The topological polar surface area (TPSA) is 58.2 Å². The summed E-state index contributed by atoms with van der Waals surface area (Å²) in [5.41, 5.74) is 0.670. The van der Waals surface area contributed by atoms with E-state index in [0.29, 0.717) is 31.5 Å². The van der Waals surface area contributed by atoms with Gasteiger partial charge in [-0.25, -0.2) is 0 Å². The Labute approximate surface area is 155 Å². The van der Waals surface area contributed by atoms with Gasteiger partial charge in [-0.1, -0.05) is 11.6 Å². The molecule has 0 atom stereocenters. The Balaban J connectivity index is 1.50. The number of amides is 2. The zero-order valence-electron chi connectivity index (χ0n) is 13.1. The third-order valence-electron chi connectivity index (χ3n) is 3.16. The average Bonchev–Trinajstić information content (AvgIpc) is 3.12. The summed E-state index contributed by atoms with van der Waals surface area (Å²) < 4.78 is 0. The number of thioether (sulfide) groups is 1. The van der Waals surface area contributed by atoms with Crippen molar-refractivity contribution in [2.24, 2.45) is 0 Å². The molecule has 0 aliphatic rings. The molecule has 24 heavy (non-hydrogen) atoms. The van der Waals surface area contributed by atoms with Crippen molar-refractivity contribution in [1.82, 2.24) is 10.6 Å². The molecule has 2 rings (SSSR count). The first-order valence-electron chi connectivity index (χ1n) is 7.60. The molecule has 2 aromatic rings. The van der Waals surface area contributed by atoms with E-state index < -0.39 is 0 Å². The Hall–Kier alpha value is -1.50. The van der Waals surface area contributed by atoms with Crippen molar-refractivity contribution in [1.29, 1.82) is 0 Å². The van der Waals surface area contributed by atoms with Crippen LogP contribution in [0.25, 0.3) is 0 Å². The lowest BCUT2D eigenvalue weighted by atomic mass is 10.2. The molecule has 128 valence electrons. The smallest absolute Gasteiger partial charge is 0.252 e. The first-order valence-corrected chi connectivity index (χ1v) is 9.91. The molecule has 0 saturated carbocycles. The van der Waals surface area contributed by atoms with E-state index in [4.69, 9.17) is 11.6 Å². The number of benzene rings is 1. The van der Waals surface area contributed by atoms with E-state index in [1.807, 2.05) is 29.6 Å². The molecule has 0 bridgehead atoms. The SMILES string of the molecule is O=C(CCCNC(=O)c1ccsc1)NCCSc1ccc(Cl)cc1. The van der Waals surface area contributed by atoms with Crippen LogP contribution in [0.1, 0.15) is 23.2 Å². The van der Waals surface area contributed by atoms with Crippen molar-refractivity contribution >= 4 is 46.5 Å². The van der Waals surface area contributed by atoms with E-state index in [1.165, 1.54) is 11.3 Å². The van der Waals surface area contributed by atoms with Crippen molar-refractivity contribution in [3.8, 4) is 0 Å². The van der Waals surface area contributed by atoms with E-state index in [2.05, 4.69) is 10.6 Å². The predicted molar refractivity (Wildman–Crippen MR) is 101 cm³/mol. The van der Waals surface area contributed by atoms with Crippen LogP contribution < -0.4 is 10.6 Å². The van der Waals surface area contributed by atoms with Crippen LogP contribution >= 0.6 is 34.7 Å². The predicted octanol–water partition coefficient (Wildman–Crippen LogP) is 3.82. The Kier molecular flexibility index (Phi) is 8.15. The van der Waals surface area contributed by atoms with Gasteiger partial charge >= 0.3 is 0 Å². The highest BCUT2D eigenvalue weighted by atomic mass is 35.5. The minimum Gasteiger partial charge on any atom is -0.355 e. The first-order chi connectivity index (χ1) is 11.6. The van der Waals surface area contributed by atoms with E-state index in [9.17, 15) is 9.59 Å². The third-order valence-corrected chi connectivity index (χ3v) is 5.11. The van der Waals surface area contributed by atoms with Crippen LogP contribution in [0.15, 0.2) is 46.0 Å². The molecule has 0 unspecified atom stereocenters. The summed E-state index contributed by atoms with van der Waals surface area (Å²) in [6.45, 7) is 1.12. The molecule has 7 heteroatoms. The lowest BCUT2D eigenvalue weighted by Crippen LogP contribution is -2.28. The number of carbonyl (C=O) groups is 2. The molecule has 0 fully saturated rings. The summed E-state index contributed by atoms with van der Waals surface area (Å²) in [4.78, 5) is 24.6.